The third-order valence-electron chi connectivity index (χ3n) is 3.27. The minimum Gasteiger partial charge on any atom is -0.487 e. The van der Waals surface area contributed by atoms with Crippen LogP contribution in [-0.4, -0.2) is 0 Å². The van der Waals surface area contributed by atoms with Gasteiger partial charge in [-0.2, -0.15) is 16.6 Å². The quantitative estimate of drug-likeness (QED) is 0.662. The highest BCUT2D eigenvalue weighted by molar-refractivity contribution is 7.08. The SMILES string of the molecule is N#Cc1ccccc1OCc1ccccc1C#Cc1ccsc1. The Morgan fingerprint density at radius 3 is 2.48 bits per heavy atom. The summed E-state index contributed by atoms with van der Waals surface area (Å²) in [5, 5.41) is 13.1. The summed E-state index contributed by atoms with van der Waals surface area (Å²) >= 11 is 1.63. The van der Waals surface area contributed by atoms with Crippen molar-refractivity contribution in [2.45, 2.75) is 6.61 Å². The monoisotopic (exact) mass is 315 g/mol. The lowest BCUT2D eigenvalue weighted by Crippen LogP contribution is -1.99. The molecule has 0 bridgehead atoms. The first kappa shape index (κ1) is 14.9. The molecule has 2 nitrogen and oxygen atoms in total. The normalized spacial score (nSPS) is 9.52. The van der Waals surface area contributed by atoms with Crippen LogP contribution in [0.4, 0.5) is 0 Å². The van der Waals surface area contributed by atoms with E-state index in [1.54, 1.807) is 23.5 Å². The molecule has 3 rings (SSSR count). The summed E-state index contributed by atoms with van der Waals surface area (Å²) in [4.78, 5) is 0. The molecule has 0 aliphatic heterocycles. The summed E-state index contributed by atoms with van der Waals surface area (Å²) in [5.41, 5.74) is 3.49. The Labute approximate surface area is 139 Å². The topological polar surface area (TPSA) is 33.0 Å². The van der Waals surface area contributed by atoms with Crippen LogP contribution in [0.1, 0.15) is 22.3 Å². The molecule has 0 amide bonds. The molecule has 0 aliphatic carbocycles. The van der Waals surface area contributed by atoms with Gasteiger partial charge in [-0.05, 0) is 29.6 Å². The van der Waals surface area contributed by atoms with Crippen molar-refractivity contribution in [3.8, 4) is 23.7 Å². The summed E-state index contributed by atoms with van der Waals surface area (Å²) in [6.45, 7) is 0.382. The lowest BCUT2D eigenvalue weighted by atomic mass is 10.1. The molecule has 0 saturated carbocycles. The van der Waals surface area contributed by atoms with Crippen LogP contribution >= 0.6 is 11.3 Å². The van der Waals surface area contributed by atoms with Crippen LogP contribution in [0.2, 0.25) is 0 Å². The van der Waals surface area contributed by atoms with E-state index >= 15 is 0 Å². The zero-order chi connectivity index (χ0) is 15.9. The van der Waals surface area contributed by atoms with Crippen LogP contribution in [0.25, 0.3) is 0 Å². The van der Waals surface area contributed by atoms with E-state index in [0.29, 0.717) is 17.9 Å². The zero-order valence-corrected chi connectivity index (χ0v) is 13.1. The van der Waals surface area contributed by atoms with Gasteiger partial charge < -0.3 is 4.74 Å². The number of thiophene rings is 1. The largest absolute Gasteiger partial charge is 0.487 e. The Morgan fingerprint density at radius 1 is 0.913 bits per heavy atom. The molecule has 0 fully saturated rings. The first-order valence-electron chi connectivity index (χ1n) is 7.11. The fourth-order valence-corrected chi connectivity index (χ4v) is 2.67. The standard InChI is InChI=1S/C20H13NOS/c21-13-18-6-3-4-8-20(18)22-14-19-7-2-1-5-17(19)10-9-16-11-12-23-15-16/h1-8,11-12,15H,14H2. The van der Waals surface area contributed by atoms with E-state index in [-0.39, 0.29) is 0 Å². The second kappa shape index (κ2) is 7.31. The molecule has 0 spiro atoms. The van der Waals surface area contributed by atoms with Gasteiger partial charge in [0.15, 0.2) is 0 Å². The number of para-hydroxylation sites is 1. The summed E-state index contributed by atoms with van der Waals surface area (Å²) in [6.07, 6.45) is 0. The van der Waals surface area contributed by atoms with Crippen molar-refractivity contribution < 1.29 is 4.74 Å². The molecule has 0 atom stereocenters. The number of nitrogens with zero attached hydrogens (tertiary/aromatic N) is 1. The summed E-state index contributed by atoms with van der Waals surface area (Å²) in [5.74, 6) is 6.94. The van der Waals surface area contributed by atoms with Gasteiger partial charge in [-0.1, -0.05) is 42.2 Å². The second-order valence-corrected chi connectivity index (χ2v) is 5.60. The minimum atomic E-state index is 0.382. The molecule has 3 heteroatoms. The van der Waals surface area contributed by atoms with Crippen LogP contribution in [0.15, 0.2) is 65.4 Å². The van der Waals surface area contributed by atoms with Gasteiger partial charge in [0.05, 0.1) is 5.56 Å². The van der Waals surface area contributed by atoms with Crippen molar-refractivity contribution in [3.05, 3.63) is 87.6 Å². The van der Waals surface area contributed by atoms with Crippen LogP contribution < -0.4 is 4.74 Å². The molecule has 110 valence electrons. The predicted molar refractivity (Wildman–Crippen MR) is 92.2 cm³/mol. The Balaban J connectivity index is 1.80. The molecule has 1 heterocycles. The molecule has 0 saturated heterocycles. The summed E-state index contributed by atoms with van der Waals surface area (Å²) in [7, 11) is 0. The van der Waals surface area contributed by atoms with E-state index < -0.39 is 0 Å². The van der Waals surface area contributed by atoms with Crippen molar-refractivity contribution >= 4 is 11.3 Å². The molecule has 0 radical (unpaired) electrons. The van der Waals surface area contributed by atoms with E-state index in [0.717, 1.165) is 16.7 Å². The van der Waals surface area contributed by atoms with Gasteiger partial charge in [-0.25, -0.2) is 0 Å². The summed E-state index contributed by atoms with van der Waals surface area (Å²) < 4.78 is 5.80. The zero-order valence-electron chi connectivity index (χ0n) is 12.3. The van der Waals surface area contributed by atoms with Crippen molar-refractivity contribution in [2.75, 3.05) is 0 Å². The maximum absolute atomic E-state index is 9.11. The molecule has 0 aliphatic rings. The lowest BCUT2D eigenvalue weighted by Gasteiger charge is -2.09. The third kappa shape index (κ3) is 3.80. The van der Waals surface area contributed by atoms with Crippen molar-refractivity contribution in [2.24, 2.45) is 0 Å². The van der Waals surface area contributed by atoms with Gasteiger partial charge in [-0.3, -0.25) is 0 Å². The molecule has 23 heavy (non-hydrogen) atoms. The highest BCUT2D eigenvalue weighted by Gasteiger charge is 2.04. The predicted octanol–water partition coefficient (Wildman–Crippen LogP) is 4.60. The fourth-order valence-electron chi connectivity index (χ4n) is 2.08. The maximum atomic E-state index is 9.11. The van der Waals surface area contributed by atoms with Crippen LogP contribution in [0, 0.1) is 23.2 Å². The smallest absolute Gasteiger partial charge is 0.137 e. The first-order valence-corrected chi connectivity index (χ1v) is 8.05. The van der Waals surface area contributed by atoms with Gasteiger partial charge in [0.25, 0.3) is 0 Å². The first-order chi connectivity index (χ1) is 11.4. The van der Waals surface area contributed by atoms with E-state index in [1.165, 1.54) is 0 Å². The van der Waals surface area contributed by atoms with Gasteiger partial charge in [-0.15, -0.1) is 0 Å². The number of benzene rings is 2. The highest BCUT2D eigenvalue weighted by atomic mass is 32.1. The van der Waals surface area contributed by atoms with Gasteiger partial charge in [0.2, 0.25) is 0 Å². The summed E-state index contributed by atoms with van der Waals surface area (Å²) in [6, 6.07) is 19.3. The van der Waals surface area contributed by atoms with E-state index in [9.17, 15) is 0 Å². The van der Waals surface area contributed by atoms with E-state index in [1.807, 2.05) is 53.2 Å². The van der Waals surface area contributed by atoms with Crippen molar-refractivity contribution in [1.82, 2.24) is 0 Å². The number of nitriles is 1. The Bertz CT molecular complexity index is 895. The van der Waals surface area contributed by atoms with Gasteiger partial charge in [0, 0.05) is 22.1 Å². The molecule has 3 aromatic rings. The number of rotatable bonds is 3. The van der Waals surface area contributed by atoms with Crippen LogP contribution in [0.5, 0.6) is 5.75 Å². The van der Waals surface area contributed by atoms with E-state index in [4.69, 9.17) is 10.00 Å². The van der Waals surface area contributed by atoms with Crippen molar-refractivity contribution in [3.63, 3.8) is 0 Å². The van der Waals surface area contributed by atoms with Gasteiger partial charge in [0.1, 0.15) is 18.4 Å². The Hall–Kier alpha value is -3.01. The number of hydrogen-bond acceptors (Lipinski definition) is 3. The molecule has 0 N–H and O–H groups in total. The number of hydrogen-bond donors (Lipinski definition) is 0. The molecule has 2 aromatic carbocycles. The average Bonchev–Trinajstić information content (AvgIpc) is 3.12. The van der Waals surface area contributed by atoms with Crippen LogP contribution in [0.3, 0.4) is 0 Å². The fraction of sp³-hybridized carbons (Fsp3) is 0.0500. The Morgan fingerprint density at radius 2 is 1.70 bits per heavy atom. The van der Waals surface area contributed by atoms with Crippen molar-refractivity contribution in [1.29, 1.82) is 5.26 Å². The second-order valence-electron chi connectivity index (χ2n) is 4.82. The Kier molecular flexibility index (Phi) is 4.74. The molecule has 0 unspecified atom stereocenters. The average molecular weight is 315 g/mol. The molecule has 1 aromatic heterocycles. The lowest BCUT2D eigenvalue weighted by molar-refractivity contribution is 0.305. The maximum Gasteiger partial charge on any atom is 0.137 e. The highest BCUT2D eigenvalue weighted by Crippen LogP contribution is 2.19. The van der Waals surface area contributed by atoms with E-state index in [2.05, 4.69) is 17.9 Å². The van der Waals surface area contributed by atoms with Gasteiger partial charge >= 0.3 is 0 Å². The third-order valence-corrected chi connectivity index (χ3v) is 3.95. The minimum absolute atomic E-state index is 0.382. The number of ether oxygens (including phenoxy) is 1. The molecular weight excluding hydrogens is 302 g/mol. The molecular formula is C20H13NOS. The van der Waals surface area contributed by atoms with Crippen LogP contribution in [-0.2, 0) is 6.61 Å².